The highest BCUT2D eigenvalue weighted by molar-refractivity contribution is 6.23. The number of amides is 2. The van der Waals surface area contributed by atoms with E-state index < -0.39 is 58.3 Å². The molecule has 0 N–H and O–H groups in total. The van der Waals surface area contributed by atoms with Crippen LogP contribution in [-0.4, -0.2) is 35.7 Å². The minimum atomic E-state index is -4.80. The Morgan fingerprint density at radius 2 is 2.00 bits per heavy atom. The van der Waals surface area contributed by atoms with Crippen molar-refractivity contribution in [2.75, 3.05) is 11.5 Å². The summed E-state index contributed by atoms with van der Waals surface area (Å²) in [5.41, 5.74) is -4.02. The Balaban J connectivity index is 1.75. The maximum absolute atomic E-state index is 13.4. The first-order valence-electron chi connectivity index (χ1n) is 9.40. The number of anilines is 1. The first-order valence-corrected chi connectivity index (χ1v) is 9.40. The lowest BCUT2D eigenvalue weighted by atomic mass is 9.67. The number of ether oxygens (including phenoxy) is 2. The third kappa shape index (κ3) is 2.63. The van der Waals surface area contributed by atoms with Gasteiger partial charge in [0.1, 0.15) is 5.60 Å². The van der Waals surface area contributed by atoms with Gasteiger partial charge in [0.25, 0.3) is 0 Å². The molecular formula is C21H19F3N2O4. The third-order valence-electron chi connectivity index (χ3n) is 6.37. The van der Waals surface area contributed by atoms with Crippen LogP contribution in [0.4, 0.5) is 18.9 Å². The normalized spacial score (nSPS) is 34.9. The van der Waals surface area contributed by atoms with Crippen molar-refractivity contribution < 1.29 is 32.2 Å². The van der Waals surface area contributed by atoms with Crippen LogP contribution < -0.4 is 4.90 Å². The Morgan fingerprint density at radius 1 is 1.33 bits per heavy atom. The molecule has 0 radical (unpaired) electrons. The molecule has 1 aromatic carbocycles. The number of rotatable bonds is 4. The summed E-state index contributed by atoms with van der Waals surface area (Å²) in [6, 6.07) is 4.32. The van der Waals surface area contributed by atoms with Crippen LogP contribution in [0.25, 0.3) is 0 Å². The van der Waals surface area contributed by atoms with E-state index in [1.807, 2.05) is 0 Å². The number of carbonyl (C=O) groups is 2. The Labute approximate surface area is 170 Å². The average molecular weight is 420 g/mol. The second-order valence-electron chi connectivity index (χ2n) is 8.22. The highest BCUT2D eigenvalue weighted by Crippen LogP contribution is 2.61. The van der Waals surface area contributed by atoms with Crippen molar-refractivity contribution in [3.8, 4) is 6.07 Å². The fraction of sp³-hybridized carbons (Fsp3) is 0.476. The van der Waals surface area contributed by atoms with Crippen LogP contribution in [-0.2, 0) is 25.2 Å². The summed E-state index contributed by atoms with van der Waals surface area (Å²) < 4.78 is 52.0. The third-order valence-corrected chi connectivity index (χ3v) is 6.37. The lowest BCUT2D eigenvalue weighted by Crippen LogP contribution is -2.50. The van der Waals surface area contributed by atoms with Gasteiger partial charge in [0.2, 0.25) is 11.8 Å². The fourth-order valence-corrected chi connectivity index (χ4v) is 5.16. The van der Waals surface area contributed by atoms with E-state index in [1.165, 1.54) is 12.1 Å². The van der Waals surface area contributed by atoms with E-state index in [2.05, 4.69) is 6.58 Å². The topological polar surface area (TPSA) is 79.6 Å². The molecule has 5 atom stereocenters. The standard InChI is InChI=1S/C21H19F3N2O4/c1-4-7-29-14-9-19(2)15-16(20(14,3)30-19)18(28)26(17(15)27)12-6-5-11(10-25)13(8-12)21(22,23)24/h4-6,8,14-16H,1,7,9H2,2-3H3/t14-,15+,16-,19?,20?/m0/s1. The number of imide groups is 1. The smallest absolute Gasteiger partial charge is 0.371 e. The molecular weight excluding hydrogens is 401 g/mol. The summed E-state index contributed by atoms with van der Waals surface area (Å²) in [5, 5.41) is 8.98. The highest BCUT2D eigenvalue weighted by atomic mass is 19.4. The molecule has 158 valence electrons. The molecule has 6 nitrogen and oxygen atoms in total. The number of alkyl halides is 3. The molecule has 3 aliphatic heterocycles. The van der Waals surface area contributed by atoms with Gasteiger partial charge in [0.15, 0.2) is 0 Å². The quantitative estimate of drug-likeness (QED) is 0.552. The Bertz CT molecular complexity index is 1000. The summed E-state index contributed by atoms with van der Waals surface area (Å²) in [5.74, 6) is -2.91. The van der Waals surface area contributed by atoms with Crippen LogP contribution in [0.15, 0.2) is 30.9 Å². The maximum atomic E-state index is 13.4. The van der Waals surface area contributed by atoms with E-state index in [-0.39, 0.29) is 12.3 Å². The molecule has 0 aromatic heterocycles. The monoisotopic (exact) mass is 420 g/mol. The van der Waals surface area contributed by atoms with Crippen LogP contribution in [0.5, 0.6) is 0 Å². The number of hydrogen-bond acceptors (Lipinski definition) is 5. The molecule has 2 unspecified atom stereocenters. The number of halogens is 3. The van der Waals surface area contributed by atoms with E-state index in [0.29, 0.717) is 12.5 Å². The summed E-state index contributed by atoms with van der Waals surface area (Å²) >= 11 is 0. The number of hydrogen-bond donors (Lipinski definition) is 0. The molecule has 3 saturated heterocycles. The van der Waals surface area contributed by atoms with Crippen molar-refractivity contribution in [2.45, 2.75) is 43.8 Å². The summed E-state index contributed by atoms with van der Waals surface area (Å²) in [4.78, 5) is 27.3. The predicted octanol–water partition coefficient (Wildman–Crippen LogP) is 3.21. The lowest BCUT2D eigenvalue weighted by Gasteiger charge is -2.34. The van der Waals surface area contributed by atoms with Gasteiger partial charge in [-0.1, -0.05) is 6.08 Å². The molecule has 2 bridgehead atoms. The first kappa shape index (κ1) is 20.6. The molecule has 1 aromatic rings. The van der Waals surface area contributed by atoms with Gasteiger partial charge >= 0.3 is 6.18 Å². The second-order valence-corrected chi connectivity index (χ2v) is 8.22. The van der Waals surface area contributed by atoms with Crippen molar-refractivity contribution in [3.63, 3.8) is 0 Å². The molecule has 3 aliphatic rings. The van der Waals surface area contributed by atoms with Gasteiger partial charge < -0.3 is 9.47 Å². The zero-order valence-electron chi connectivity index (χ0n) is 16.3. The number of nitriles is 1. The molecule has 3 fully saturated rings. The number of fused-ring (bicyclic) bond motifs is 5. The zero-order chi connectivity index (χ0) is 22.1. The summed E-state index contributed by atoms with van der Waals surface area (Å²) in [6.45, 7) is 7.27. The minimum Gasteiger partial charge on any atom is -0.371 e. The zero-order valence-corrected chi connectivity index (χ0v) is 16.3. The van der Waals surface area contributed by atoms with Gasteiger partial charge in [-0.15, -0.1) is 6.58 Å². The van der Waals surface area contributed by atoms with Crippen LogP contribution in [0, 0.1) is 23.2 Å². The van der Waals surface area contributed by atoms with Gasteiger partial charge in [0.05, 0.1) is 53.0 Å². The van der Waals surface area contributed by atoms with Crippen molar-refractivity contribution in [3.05, 3.63) is 42.0 Å². The van der Waals surface area contributed by atoms with Gasteiger partial charge in [-0.3, -0.25) is 9.59 Å². The fourth-order valence-electron chi connectivity index (χ4n) is 5.16. The highest BCUT2D eigenvalue weighted by Gasteiger charge is 2.76. The Kier molecular flexibility index (Phi) is 4.39. The van der Waals surface area contributed by atoms with Crippen molar-refractivity contribution in [2.24, 2.45) is 11.8 Å². The molecule has 0 saturated carbocycles. The van der Waals surface area contributed by atoms with Crippen LogP contribution in [0.1, 0.15) is 31.4 Å². The number of nitrogens with zero attached hydrogens (tertiary/aromatic N) is 2. The first-order chi connectivity index (χ1) is 14.0. The largest absolute Gasteiger partial charge is 0.417 e. The van der Waals surface area contributed by atoms with E-state index in [0.717, 1.165) is 11.0 Å². The number of carbonyl (C=O) groups excluding carboxylic acids is 2. The van der Waals surface area contributed by atoms with Crippen molar-refractivity contribution >= 4 is 17.5 Å². The van der Waals surface area contributed by atoms with E-state index in [4.69, 9.17) is 14.7 Å². The molecule has 3 heterocycles. The Morgan fingerprint density at radius 3 is 2.60 bits per heavy atom. The average Bonchev–Trinajstić information content (AvgIpc) is 3.19. The van der Waals surface area contributed by atoms with E-state index in [9.17, 15) is 22.8 Å². The summed E-state index contributed by atoms with van der Waals surface area (Å²) in [6.07, 6.45) is -3.30. The summed E-state index contributed by atoms with van der Waals surface area (Å²) in [7, 11) is 0. The lowest BCUT2D eigenvalue weighted by molar-refractivity contribution is -0.138. The number of benzene rings is 1. The molecule has 0 spiro atoms. The molecule has 4 rings (SSSR count). The van der Waals surface area contributed by atoms with Crippen molar-refractivity contribution in [1.29, 1.82) is 5.26 Å². The predicted molar refractivity (Wildman–Crippen MR) is 98.1 cm³/mol. The molecule has 2 amide bonds. The maximum Gasteiger partial charge on any atom is 0.417 e. The van der Waals surface area contributed by atoms with Gasteiger partial charge in [0, 0.05) is 6.42 Å². The molecule has 0 aliphatic carbocycles. The van der Waals surface area contributed by atoms with Crippen LogP contribution >= 0.6 is 0 Å². The van der Waals surface area contributed by atoms with E-state index in [1.54, 1.807) is 19.9 Å². The Hall–Kier alpha value is -2.70. The van der Waals surface area contributed by atoms with Crippen LogP contribution in [0.2, 0.25) is 0 Å². The SMILES string of the molecule is C=CCO[C@H]1CC2(C)OC1(C)[C@@H]1C(=O)N(c3ccc(C#N)c(C(F)(F)F)c3)C(=O)[C@@H]12. The van der Waals surface area contributed by atoms with Crippen LogP contribution in [0.3, 0.4) is 0 Å². The van der Waals surface area contributed by atoms with E-state index >= 15 is 0 Å². The molecule has 30 heavy (non-hydrogen) atoms. The minimum absolute atomic E-state index is 0.208. The molecule has 9 heteroatoms. The second kappa shape index (κ2) is 6.40. The van der Waals surface area contributed by atoms with Gasteiger partial charge in [-0.2, -0.15) is 18.4 Å². The van der Waals surface area contributed by atoms with Gasteiger partial charge in [-0.05, 0) is 32.0 Å². The van der Waals surface area contributed by atoms with Gasteiger partial charge in [-0.25, -0.2) is 4.90 Å². The van der Waals surface area contributed by atoms with Crippen molar-refractivity contribution in [1.82, 2.24) is 0 Å².